The minimum Gasteiger partial charge on any atom is -0.396 e. The summed E-state index contributed by atoms with van der Waals surface area (Å²) in [5, 5.41) is 12.3. The number of nitrogens with two attached hydrogens (primary N) is 1. The molecule has 0 spiro atoms. The summed E-state index contributed by atoms with van der Waals surface area (Å²) < 4.78 is 5.57. The molecule has 0 aliphatic carbocycles. The van der Waals surface area contributed by atoms with Crippen LogP contribution in [0.25, 0.3) is 0 Å². The zero-order valence-corrected chi connectivity index (χ0v) is 9.83. The van der Waals surface area contributed by atoms with Gasteiger partial charge in [0.2, 0.25) is 0 Å². The van der Waals surface area contributed by atoms with Crippen LogP contribution in [0.15, 0.2) is 0 Å². The highest BCUT2D eigenvalue weighted by Crippen LogP contribution is 2.25. The molecule has 3 atom stereocenters. The number of aliphatic hydroxyl groups excluding tert-OH is 1. The molecule has 1 rings (SSSR count). The average molecular weight is 216 g/mol. The van der Waals surface area contributed by atoms with Gasteiger partial charge in [-0.25, -0.2) is 0 Å². The molecule has 1 heterocycles. The zero-order valence-electron chi connectivity index (χ0n) is 9.83. The lowest BCUT2D eigenvalue weighted by Gasteiger charge is -2.35. The molecule has 1 fully saturated rings. The number of hydrogen-bond donors (Lipinski definition) is 3. The first-order valence-corrected chi connectivity index (χ1v) is 5.85. The van der Waals surface area contributed by atoms with Crippen LogP contribution in [0.4, 0.5) is 0 Å². The largest absolute Gasteiger partial charge is 0.396 e. The summed E-state index contributed by atoms with van der Waals surface area (Å²) >= 11 is 0. The molecule has 1 aliphatic heterocycles. The molecule has 4 N–H and O–H groups in total. The van der Waals surface area contributed by atoms with Crippen molar-refractivity contribution in [2.24, 2.45) is 5.73 Å². The van der Waals surface area contributed by atoms with Gasteiger partial charge in [-0.15, -0.1) is 0 Å². The standard InChI is InChI=1S/C11H24N2O2/c1-9(4-3-6-14)13-11(8-12)5-7-15-10(11)2/h9-10,13-14H,3-8,12H2,1-2H3. The third-order valence-electron chi connectivity index (χ3n) is 3.39. The van der Waals surface area contributed by atoms with E-state index in [1.807, 2.05) is 0 Å². The molecule has 0 amide bonds. The molecule has 0 aromatic heterocycles. The van der Waals surface area contributed by atoms with Crippen molar-refractivity contribution in [3.05, 3.63) is 0 Å². The first-order valence-electron chi connectivity index (χ1n) is 5.85. The molecule has 90 valence electrons. The van der Waals surface area contributed by atoms with Crippen LogP contribution in [0.3, 0.4) is 0 Å². The van der Waals surface area contributed by atoms with E-state index in [1.54, 1.807) is 0 Å². The van der Waals surface area contributed by atoms with Gasteiger partial charge in [-0.05, 0) is 33.1 Å². The highest BCUT2D eigenvalue weighted by atomic mass is 16.5. The van der Waals surface area contributed by atoms with Crippen LogP contribution in [0, 0.1) is 0 Å². The smallest absolute Gasteiger partial charge is 0.0741 e. The van der Waals surface area contributed by atoms with Crippen molar-refractivity contribution in [3.8, 4) is 0 Å². The van der Waals surface area contributed by atoms with Gasteiger partial charge in [0, 0.05) is 25.8 Å². The SMILES string of the molecule is CC(CCCO)NC1(CN)CCOC1C. The Morgan fingerprint density at radius 3 is 2.87 bits per heavy atom. The summed E-state index contributed by atoms with van der Waals surface area (Å²) in [6.07, 6.45) is 2.97. The Hall–Kier alpha value is -0.160. The Morgan fingerprint density at radius 2 is 2.40 bits per heavy atom. The van der Waals surface area contributed by atoms with Gasteiger partial charge in [0.25, 0.3) is 0 Å². The van der Waals surface area contributed by atoms with Crippen LogP contribution >= 0.6 is 0 Å². The summed E-state index contributed by atoms with van der Waals surface area (Å²) in [6, 6.07) is 0.379. The van der Waals surface area contributed by atoms with E-state index in [0.717, 1.165) is 25.9 Å². The lowest BCUT2D eigenvalue weighted by atomic mass is 9.90. The van der Waals surface area contributed by atoms with E-state index < -0.39 is 0 Å². The minimum absolute atomic E-state index is 0.0606. The fourth-order valence-corrected chi connectivity index (χ4v) is 2.26. The molecule has 15 heavy (non-hydrogen) atoms. The third kappa shape index (κ3) is 3.14. The first-order chi connectivity index (χ1) is 7.14. The molecule has 1 saturated heterocycles. The number of aliphatic hydroxyl groups is 1. The molecule has 0 bridgehead atoms. The highest BCUT2D eigenvalue weighted by Gasteiger charge is 2.40. The van der Waals surface area contributed by atoms with Crippen LogP contribution in [-0.2, 0) is 4.74 Å². The Morgan fingerprint density at radius 1 is 1.67 bits per heavy atom. The maximum Gasteiger partial charge on any atom is 0.0741 e. The van der Waals surface area contributed by atoms with E-state index >= 15 is 0 Å². The Labute approximate surface area is 92.2 Å². The Kier molecular flexibility index (Phi) is 4.99. The normalized spacial score (nSPS) is 33.2. The van der Waals surface area contributed by atoms with Crippen molar-refractivity contribution in [1.29, 1.82) is 0 Å². The van der Waals surface area contributed by atoms with Gasteiger partial charge >= 0.3 is 0 Å². The summed E-state index contributed by atoms with van der Waals surface area (Å²) in [5.41, 5.74) is 5.78. The molecule has 0 saturated carbocycles. The van der Waals surface area contributed by atoms with Crippen molar-refractivity contribution < 1.29 is 9.84 Å². The van der Waals surface area contributed by atoms with Gasteiger partial charge < -0.3 is 20.9 Å². The second kappa shape index (κ2) is 5.80. The second-order valence-corrected chi connectivity index (χ2v) is 4.53. The van der Waals surface area contributed by atoms with Gasteiger partial charge in [-0.1, -0.05) is 0 Å². The topological polar surface area (TPSA) is 67.5 Å². The van der Waals surface area contributed by atoms with Crippen LogP contribution in [0.2, 0.25) is 0 Å². The van der Waals surface area contributed by atoms with E-state index in [0.29, 0.717) is 12.6 Å². The van der Waals surface area contributed by atoms with Gasteiger partial charge in [-0.2, -0.15) is 0 Å². The number of nitrogens with one attached hydrogen (secondary N) is 1. The maximum absolute atomic E-state index is 8.77. The summed E-state index contributed by atoms with van der Waals surface area (Å²) in [5.74, 6) is 0. The van der Waals surface area contributed by atoms with Crippen molar-refractivity contribution in [2.45, 2.75) is 50.8 Å². The molecule has 1 aliphatic rings. The monoisotopic (exact) mass is 216 g/mol. The molecule has 4 heteroatoms. The lowest BCUT2D eigenvalue weighted by Crippen LogP contribution is -2.58. The van der Waals surface area contributed by atoms with E-state index in [2.05, 4.69) is 19.2 Å². The van der Waals surface area contributed by atoms with Crippen molar-refractivity contribution in [1.82, 2.24) is 5.32 Å². The highest BCUT2D eigenvalue weighted by molar-refractivity contribution is 4.99. The van der Waals surface area contributed by atoms with E-state index in [1.165, 1.54) is 0 Å². The summed E-state index contributed by atoms with van der Waals surface area (Å²) in [4.78, 5) is 0. The van der Waals surface area contributed by atoms with Crippen LogP contribution in [0.5, 0.6) is 0 Å². The lowest BCUT2D eigenvalue weighted by molar-refractivity contribution is 0.0805. The van der Waals surface area contributed by atoms with Gasteiger partial charge in [-0.3, -0.25) is 0 Å². The van der Waals surface area contributed by atoms with Crippen molar-refractivity contribution >= 4 is 0 Å². The second-order valence-electron chi connectivity index (χ2n) is 4.53. The number of rotatable bonds is 6. The fraction of sp³-hybridized carbons (Fsp3) is 1.00. The maximum atomic E-state index is 8.77. The zero-order chi connectivity index (χ0) is 11.3. The fourth-order valence-electron chi connectivity index (χ4n) is 2.26. The molecular formula is C11H24N2O2. The quantitative estimate of drug-likeness (QED) is 0.595. The van der Waals surface area contributed by atoms with Gasteiger partial charge in [0.1, 0.15) is 0 Å². The van der Waals surface area contributed by atoms with Crippen molar-refractivity contribution in [3.63, 3.8) is 0 Å². The van der Waals surface area contributed by atoms with Gasteiger partial charge in [0.05, 0.1) is 11.6 Å². The van der Waals surface area contributed by atoms with Crippen molar-refractivity contribution in [2.75, 3.05) is 19.8 Å². The predicted octanol–water partition coefficient (Wildman–Crippen LogP) is 0.243. The third-order valence-corrected chi connectivity index (χ3v) is 3.39. The van der Waals surface area contributed by atoms with E-state index in [9.17, 15) is 0 Å². The van der Waals surface area contributed by atoms with Crippen LogP contribution in [-0.4, -0.2) is 42.5 Å². The van der Waals surface area contributed by atoms with Crippen LogP contribution < -0.4 is 11.1 Å². The summed E-state index contributed by atoms with van der Waals surface area (Å²) in [7, 11) is 0. The number of hydrogen-bond acceptors (Lipinski definition) is 4. The molecule has 0 radical (unpaired) electrons. The van der Waals surface area contributed by atoms with E-state index in [-0.39, 0.29) is 18.2 Å². The molecule has 0 aromatic carbocycles. The molecule has 4 nitrogen and oxygen atoms in total. The molecule has 3 unspecified atom stereocenters. The number of ether oxygens (including phenoxy) is 1. The Bertz CT molecular complexity index is 189. The summed E-state index contributed by atoms with van der Waals surface area (Å²) in [6.45, 7) is 5.87. The van der Waals surface area contributed by atoms with E-state index in [4.69, 9.17) is 15.6 Å². The predicted molar refractivity (Wildman–Crippen MR) is 60.7 cm³/mol. The first kappa shape index (κ1) is 12.9. The minimum atomic E-state index is -0.0606. The van der Waals surface area contributed by atoms with Gasteiger partial charge in [0.15, 0.2) is 0 Å². The average Bonchev–Trinajstić information content (AvgIpc) is 2.58. The Balaban J connectivity index is 2.45. The van der Waals surface area contributed by atoms with Crippen LogP contribution in [0.1, 0.15) is 33.1 Å². The molecular weight excluding hydrogens is 192 g/mol. The molecule has 0 aromatic rings.